The third-order valence-corrected chi connectivity index (χ3v) is 3.80. The first kappa shape index (κ1) is 13.3. The van der Waals surface area contributed by atoms with E-state index in [1.807, 2.05) is 13.1 Å². The Morgan fingerprint density at radius 2 is 2.33 bits per heavy atom. The number of benzene rings is 1. The summed E-state index contributed by atoms with van der Waals surface area (Å²) in [6.45, 7) is 1.68. The molecular formula is C12H16BrN3O2. The molecule has 0 radical (unpaired) electrons. The Hall–Kier alpha value is -1.14. The van der Waals surface area contributed by atoms with E-state index >= 15 is 0 Å². The molecule has 5 nitrogen and oxygen atoms in total. The summed E-state index contributed by atoms with van der Waals surface area (Å²) < 4.78 is 0.870. The Bertz CT molecular complexity index is 453. The standard InChI is InChI=1S/C12H16BrN3O2/c1-14-10-3-2-6-15(8-10)12-7-9(13)4-5-11(12)16(17)18/h4-5,7,10,14H,2-3,6,8H2,1H3. The molecule has 1 heterocycles. The molecule has 1 aliphatic heterocycles. The van der Waals surface area contributed by atoms with Gasteiger partial charge in [0.25, 0.3) is 5.69 Å². The van der Waals surface area contributed by atoms with Gasteiger partial charge in [0.1, 0.15) is 5.69 Å². The highest BCUT2D eigenvalue weighted by Crippen LogP contribution is 2.32. The first-order valence-electron chi connectivity index (χ1n) is 5.98. The van der Waals surface area contributed by atoms with Crippen molar-refractivity contribution in [3.05, 3.63) is 32.8 Å². The number of piperidine rings is 1. The quantitative estimate of drug-likeness (QED) is 0.688. The lowest BCUT2D eigenvalue weighted by Gasteiger charge is -2.33. The van der Waals surface area contributed by atoms with Crippen molar-refractivity contribution in [3.63, 3.8) is 0 Å². The topological polar surface area (TPSA) is 58.4 Å². The zero-order valence-electron chi connectivity index (χ0n) is 10.2. The second-order valence-electron chi connectivity index (χ2n) is 4.46. The van der Waals surface area contributed by atoms with E-state index in [0.717, 1.165) is 30.4 Å². The van der Waals surface area contributed by atoms with Gasteiger partial charge in [0.15, 0.2) is 0 Å². The van der Waals surface area contributed by atoms with Crippen LogP contribution in [-0.4, -0.2) is 31.1 Å². The molecule has 1 unspecified atom stereocenters. The maximum atomic E-state index is 11.1. The fourth-order valence-electron chi connectivity index (χ4n) is 2.34. The van der Waals surface area contributed by atoms with Gasteiger partial charge in [-0.2, -0.15) is 0 Å². The van der Waals surface area contributed by atoms with E-state index in [4.69, 9.17) is 0 Å². The van der Waals surface area contributed by atoms with Gasteiger partial charge in [-0.15, -0.1) is 0 Å². The minimum absolute atomic E-state index is 0.176. The molecule has 2 rings (SSSR count). The number of hydrogen-bond acceptors (Lipinski definition) is 4. The van der Waals surface area contributed by atoms with E-state index < -0.39 is 0 Å². The Morgan fingerprint density at radius 1 is 1.56 bits per heavy atom. The number of hydrogen-bond donors (Lipinski definition) is 1. The number of anilines is 1. The second-order valence-corrected chi connectivity index (χ2v) is 5.38. The van der Waals surface area contributed by atoms with Crippen molar-refractivity contribution >= 4 is 27.3 Å². The number of rotatable bonds is 3. The minimum Gasteiger partial charge on any atom is -0.364 e. The molecule has 6 heteroatoms. The highest BCUT2D eigenvalue weighted by molar-refractivity contribution is 9.10. The molecule has 18 heavy (non-hydrogen) atoms. The Kier molecular flexibility index (Phi) is 4.19. The predicted octanol–water partition coefficient (Wildman–Crippen LogP) is 2.55. The molecule has 1 aromatic rings. The summed E-state index contributed by atoms with van der Waals surface area (Å²) in [4.78, 5) is 12.9. The summed E-state index contributed by atoms with van der Waals surface area (Å²) in [5.74, 6) is 0. The van der Waals surface area contributed by atoms with E-state index in [-0.39, 0.29) is 10.6 Å². The van der Waals surface area contributed by atoms with Crippen molar-refractivity contribution in [1.82, 2.24) is 5.32 Å². The monoisotopic (exact) mass is 313 g/mol. The Balaban J connectivity index is 2.31. The summed E-state index contributed by atoms with van der Waals surface area (Å²) in [5.41, 5.74) is 0.879. The van der Waals surface area contributed by atoms with E-state index in [1.165, 1.54) is 0 Å². The zero-order chi connectivity index (χ0) is 13.1. The maximum absolute atomic E-state index is 11.1. The molecule has 0 bridgehead atoms. The van der Waals surface area contributed by atoms with Gasteiger partial charge < -0.3 is 10.2 Å². The van der Waals surface area contributed by atoms with Crippen LogP contribution in [0.4, 0.5) is 11.4 Å². The highest BCUT2D eigenvalue weighted by atomic mass is 79.9. The maximum Gasteiger partial charge on any atom is 0.292 e. The summed E-state index contributed by atoms with van der Waals surface area (Å²) in [6, 6.07) is 5.50. The van der Waals surface area contributed by atoms with Crippen LogP contribution in [0.2, 0.25) is 0 Å². The van der Waals surface area contributed by atoms with Crippen LogP contribution < -0.4 is 10.2 Å². The number of halogens is 1. The largest absolute Gasteiger partial charge is 0.364 e. The van der Waals surface area contributed by atoms with Crippen molar-refractivity contribution in [2.75, 3.05) is 25.0 Å². The molecule has 0 spiro atoms. The summed E-state index contributed by atoms with van der Waals surface area (Å²) >= 11 is 3.38. The summed E-state index contributed by atoms with van der Waals surface area (Å²) in [7, 11) is 1.93. The van der Waals surface area contributed by atoms with E-state index in [1.54, 1.807) is 12.1 Å². The van der Waals surface area contributed by atoms with E-state index in [2.05, 4.69) is 26.1 Å². The Morgan fingerprint density at radius 3 is 3.00 bits per heavy atom. The molecule has 1 saturated heterocycles. The van der Waals surface area contributed by atoms with Crippen molar-refractivity contribution in [2.24, 2.45) is 0 Å². The van der Waals surface area contributed by atoms with Crippen LogP contribution in [0.25, 0.3) is 0 Å². The normalized spacial score (nSPS) is 19.9. The first-order valence-corrected chi connectivity index (χ1v) is 6.77. The van der Waals surface area contributed by atoms with Crippen molar-refractivity contribution in [1.29, 1.82) is 0 Å². The molecule has 1 aliphatic rings. The van der Waals surface area contributed by atoms with Crippen LogP contribution in [0, 0.1) is 10.1 Å². The molecule has 0 saturated carbocycles. The van der Waals surface area contributed by atoms with E-state index in [0.29, 0.717) is 11.7 Å². The number of nitro groups is 1. The van der Waals surface area contributed by atoms with Gasteiger partial charge in [0, 0.05) is 29.7 Å². The number of nitro benzene ring substituents is 1. The molecule has 98 valence electrons. The average Bonchev–Trinajstić information content (AvgIpc) is 2.38. The van der Waals surface area contributed by atoms with Crippen LogP contribution in [0.5, 0.6) is 0 Å². The fraction of sp³-hybridized carbons (Fsp3) is 0.500. The summed E-state index contributed by atoms with van der Waals surface area (Å²) in [6.07, 6.45) is 2.17. The number of nitrogens with zero attached hydrogens (tertiary/aromatic N) is 2. The van der Waals surface area contributed by atoms with Gasteiger partial charge >= 0.3 is 0 Å². The third-order valence-electron chi connectivity index (χ3n) is 3.30. The molecule has 1 aromatic carbocycles. The lowest BCUT2D eigenvalue weighted by molar-refractivity contribution is -0.384. The van der Waals surface area contributed by atoms with Gasteiger partial charge in [-0.3, -0.25) is 10.1 Å². The Labute approximate surface area is 114 Å². The molecule has 0 aromatic heterocycles. The number of nitrogens with one attached hydrogen (secondary N) is 1. The van der Waals surface area contributed by atoms with Crippen LogP contribution >= 0.6 is 15.9 Å². The van der Waals surface area contributed by atoms with Crippen LogP contribution in [0.3, 0.4) is 0 Å². The molecule has 1 N–H and O–H groups in total. The molecule has 0 amide bonds. The molecule has 1 fully saturated rings. The fourth-order valence-corrected chi connectivity index (χ4v) is 2.68. The van der Waals surface area contributed by atoms with Crippen LogP contribution in [0.1, 0.15) is 12.8 Å². The third kappa shape index (κ3) is 2.81. The van der Waals surface area contributed by atoms with Crippen LogP contribution in [0.15, 0.2) is 22.7 Å². The van der Waals surface area contributed by atoms with Crippen molar-refractivity contribution in [2.45, 2.75) is 18.9 Å². The predicted molar refractivity (Wildman–Crippen MR) is 75.1 cm³/mol. The lowest BCUT2D eigenvalue weighted by Crippen LogP contribution is -2.44. The van der Waals surface area contributed by atoms with Crippen molar-refractivity contribution in [3.8, 4) is 0 Å². The van der Waals surface area contributed by atoms with Gasteiger partial charge in [0.2, 0.25) is 0 Å². The molecular weight excluding hydrogens is 298 g/mol. The second kappa shape index (κ2) is 5.67. The zero-order valence-corrected chi connectivity index (χ0v) is 11.8. The first-order chi connectivity index (χ1) is 8.61. The smallest absolute Gasteiger partial charge is 0.292 e. The van der Waals surface area contributed by atoms with Crippen molar-refractivity contribution < 1.29 is 4.92 Å². The van der Waals surface area contributed by atoms with Gasteiger partial charge in [-0.1, -0.05) is 15.9 Å². The SMILES string of the molecule is CNC1CCCN(c2cc(Br)ccc2[N+](=O)[O-])C1. The summed E-state index contributed by atoms with van der Waals surface area (Å²) in [5, 5.41) is 14.3. The molecule has 0 aliphatic carbocycles. The van der Waals surface area contributed by atoms with Gasteiger partial charge in [-0.25, -0.2) is 0 Å². The van der Waals surface area contributed by atoms with E-state index in [9.17, 15) is 10.1 Å². The van der Waals surface area contributed by atoms with Gasteiger partial charge in [0.05, 0.1) is 4.92 Å². The van der Waals surface area contributed by atoms with Crippen LogP contribution in [-0.2, 0) is 0 Å². The van der Waals surface area contributed by atoms with Gasteiger partial charge in [-0.05, 0) is 32.0 Å². The highest BCUT2D eigenvalue weighted by Gasteiger charge is 2.24. The minimum atomic E-state index is -0.315. The lowest BCUT2D eigenvalue weighted by atomic mass is 10.0. The average molecular weight is 314 g/mol. The number of likely N-dealkylation sites (N-methyl/N-ethyl adjacent to an activating group) is 1. The molecule has 1 atom stereocenters.